The summed E-state index contributed by atoms with van der Waals surface area (Å²) in [5, 5.41) is 11.6. The zero-order valence-corrected chi connectivity index (χ0v) is 10.1. The monoisotopic (exact) mass is 249 g/mol. The number of ether oxygens (including phenoxy) is 1. The highest BCUT2D eigenvalue weighted by atomic mass is 16.5. The predicted molar refractivity (Wildman–Crippen MR) is 65.6 cm³/mol. The van der Waals surface area contributed by atoms with Gasteiger partial charge in [0.1, 0.15) is 6.10 Å². The molecule has 1 amide bonds. The average Bonchev–Trinajstić information content (AvgIpc) is 2.76. The lowest BCUT2D eigenvalue weighted by Gasteiger charge is -2.13. The Morgan fingerprint density at radius 2 is 2.06 bits per heavy atom. The molecular formula is C13H15NO4. The Labute approximate surface area is 105 Å². The van der Waals surface area contributed by atoms with Gasteiger partial charge in [0.15, 0.2) is 0 Å². The molecule has 1 fully saturated rings. The van der Waals surface area contributed by atoms with E-state index >= 15 is 0 Å². The van der Waals surface area contributed by atoms with Crippen molar-refractivity contribution in [3.63, 3.8) is 0 Å². The van der Waals surface area contributed by atoms with Gasteiger partial charge in [-0.2, -0.15) is 0 Å². The van der Waals surface area contributed by atoms with Crippen molar-refractivity contribution >= 4 is 17.6 Å². The summed E-state index contributed by atoms with van der Waals surface area (Å²) in [5.41, 5.74) is 0.384. The molecule has 2 unspecified atom stereocenters. The van der Waals surface area contributed by atoms with Crippen LogP contribution in [0.3, 0.4) is 0 Å². The predicted octanol–water partition coefficient (Wildman–Crippen LogP) is 1.89. The lowest BCUT2D eigenvalue weighted by molar-refractivity contribution is -0.126. The third kappa shape index (κ3) is 2.68. The molecule has 1 aliphatic rings. The number of hydrogen-bond donors (Lipinski definition) is 2. The van der Waals surface area contributed by atoms with Crippen LogP contribution in [0.25, 0.3) is 0 Å². The van der Waals surface area contributed by atoms with E-state index in [9.17, 15) is 9.59 Å². The molecule has 0 bridgehead atoms. The molecule has 1 aliphatic heterocycles. The van der Waals surface area contributed by atoms with Crippen molar-refractivity contribution in [2.45, 2.75) is 32.0 Å². The molecule has 0 radical (unpaired) electrons. The fourth-order valence-electron chi connectivity index (χ4n) is 1.99. The zero-order valence-electron chi connectivity index (χ0n) is 10.1. The van der Waals surface area contributed by atoms with Crippen molar-refractivity contribution in [1.29, 1.82) is 0 Å². The number of hydrogen-bond acceptors (Lipinski definition) is 3. The normalized spacial score (nSPS) is 22.7. The van der Waals surface area contributed by atoms with Crippen LogP contribution in [0.15, 0.2) is 24.3 Å². The van der Waals surface area contributed by atoms with Crippen molar-refractivity contribution in [1.82, 2.24) is 0 Å². The van der Waals surface area contributed by atoms with Gasteiger partial charge in [-0.1, -0.05) is 12.1 Å². The minimum atomic E-state index is -1.06. The third-order valence-electron chi connectivity index (χ3n) is 2.94. The van der Waals surface area contributed by atoms with Crippen LogP contribution in [0.4, 0.5) is 5.69 Å². The first-order chi connectivity index (χ1) is 8.58. The van der Waals surface area contributed by atoms with E-state index in [4.69, 9.17) is 9.84 Å². The molecular weight excluding hydrogens is 234 g/mol. The lowest BCUT2D eigenvalue weighted by Crippen LogP contribution is -2.28. The molecule has 2 rings (SSSR count). The minimum Gasteiger partial charge on any atom is -0.478 e. The molecule has 2 atom stereocenters. The highest BCUT2D eigenvalue weighted by Crippen LogP contribution is 2.22. The number of carboxylic acids is 1. The summed E-state index contributed by atoms with van der Waals surface area (Å²) in [7, 11) is 0. The minimum absolute atomic E-state index is 0.0791. The van der Waals surface area contributed by atoms with Gasteiger partial charge in [0.2, 0.25) is 0 Å². The molecule has 96 valence electrons. The van der Waals surface area contributed by atoms with E-state index in [1.165, 1.54) is 6.07 Å². The van der Waals surface area contributed by atoms with E-state index in [2.05, 4.69) is 5.32 Å². The van der Waals surface area contributed by atoms with Gasteiger partial charge in [-0.05, 0) is 31.9 Å². The molecule has 2 N–H and O–H groups in total. The first-order valence-electron chi connectivity index (χ1n) is 5.86. The van der Waals surface area contributed by atoms with Crippen LogP contribution in [0.2, 0.25) is 0 Å². The molecule has 1 saturated heterocycles. The summed E-state index contributed by atoms with van der Waals surface area (Å²) in [5.74, 6) is -1.35. The van der Waals surface area contributed by atoms with E-state index < -0.39 is 12.1 Å². The van der Waals surface area contributed by atoms with Crippen LogP contribution in [-0.2, 0) is 9.53 Å². The van der Waals surface area contributed by atoms with Crippen molar-refractivity contribution in [2.75, 3.05) is 5.32 Å². The molecule has 0 aromatic heterocycles. The summed E-state index contributed by atoms with van der Waals surface area (Å²) >= 11 is 0. The maximum atomic E-state index is 11.9. The second kappa shape index (κ2) is 5.18. The van der Waals surface area contributed by atoms with Crippen LogP contribution < -0.4 is 5.32 Å². The number of aromatic carboxylic acids is 1. The topological polar surface area (TPSA) is 75.6 Å². The molecule has 1 aromatic carbocycles. The quantitative estimate of drug-likeness (QED) is 0.857. The number of para-hydroxylation sites is 1. The van der Waals surface area contributed by atoms with Crippen molar-refractivity contribution in [3.05, 3.63) is 29.8 Å². The van der Waals surface area contributed by atoms with Crippen molar-refractivity contribution < 1.29 is 19.4 Å². The second-order valence-electron chi connectivity index (χ2n) is 4.35. The first kappa shape index (κ1) is 12.6. The smallest absolute Gasteiger partial charge is 0.337 e. The van der Waals surface area contributed by atoms with E-state index in [0.29, 0.717) is 12.1 Å². The largest absolute Gasteiger partial charge is 0.478 e. The molecule has 5 nitrogen and oxygen atoms in total. The molecule has 0 spiro atoms. The standard InChI is InChI=1S/C13H15NO4/c1-8-6-7-11(18-8)12(15)14-10-5-3-2-4-9(10)13(16)17/h2-5,8,11H,6-7H2,1H3,(H,14,15)(H,16,17). The number of benzene rings is 1. The van der Waals surface area contributed by atoms with Crippen molar-refractivity contribution in [3.8, 4) is 0 Å². The molecule has 1 aromatic rings. The summed E-state index contributed by atoms with van der Waals surface area (Å²) < 4.78 is 5.44. The average molecular weight is 249 g/mol. The van der Waals surface area contributed by atoms with Crippen molar-refractivity contribution in [2.24, 2.45) is 0 Å². The van der Waals surface area contributed by atoms with Crippen LogP contribution in [0.5, 0.6) is 0 Å². The van der Waals surface area contributed by atoms with Gasteiger partial charge < -0.3 is 15.2 Å². The molecule has 0 aliphatic carbocycles. The Kier molecular flexibility index (Phi) is 3.62. The fraction of sp³-hybridized carbons (Fsp3) is 0.385. The molecule has 1 heterocycles. The van der Waals surface area contributed by atoms with Gasteiger partial charge in [0.05, 0.1) is 17.4 Å². The third-order valence-corrected chi connectivity index (χ3v) is 2.94. The number of rotatable bonds is 3. The Morgan fingerprint density at radius 1 is 1.33 bits per heavy atom. The summed E-state index contributed by atoms with van der Waals surface area (Å²) in [6, 6.07) is 6.32. The van der Waals surface area contributed by atoms with E-state index in [-0.39, 0.29) is 17.6 Å². The fourth-order valence-corrected chi connectivity index (χ4v) is 1.99. The van der Waals surface area contributed by atoms with Gasteiger partial charge in [0.25, 0.3) is 5.91 Å². The van der Waals surface area contributed by atoms with E-state index in [0.717, 1.165) is 6.42 Å². The van der Waals surface area contributed by atoms with Crippen LogP contribution in [0, 0.1) is 0 Å². The van der Waals surface area contributed by atoms with E-state index in [1.54, 1.807) is 18.2 Å². The Balaban J connectivity index is 2.09. The molecule has 0 saturated carbocycles. The van der Waals surface area contributed by atoms with Gasteiger partial charge in [-0.25, -0.2) is 4.79 Å². The maximum absolute atomic E-state index is 11.9. The number of anilines is 1. The van der Waals surface area contributed by atoms with Gasteiger partial charge in [-0.15, -0.1) is 0 Å². The van der Waals surface area contributed by atoms with Crippen LogP contribution in [-0.4, -0.2) is 29.2 Å². The Morgan fingerprint density at radius 3 is 2.67 bits per heavy atom. The van der Waals surface area contributed by atoms with Gasteiger partial charge in [-0.3, -0.25) is 4.79 Å². The van der Waals surface area contributed by atoms with E-state index in [1.807, 2.05) is 6.92 Å². The first-order valence-corrected chi connectivity index (χ1v) is 5.86. The SMILES string of the molecule is CC1CCC(C(=O)Nc2ccccc2C(=O)O)O1. The zero-order chi connectivity index (χ0) is 13.1. The Hall–Kier alpha value is -1.88. The Bertz CT molecular complexity index is 472. The summed E-state index contributed by atoms with van der Waals surface area (Å²) in [6.45, 7) is 1.92. The number of nitrogens with one attached hydrogen (secondary N) is 1. The summed E-state index contributed by atoms with van der Waals surface area (Å²) in [4.78, 5) is 22.9. The van der Waals surface area contributed by atoms with Crippen LogP contribution >= 0.6 is 0 Å². The van der Waals surface area contributed by atoms with Gasteiger partial charge in [0, 0.05) is 0 Å². The molecule has 5 heteroatoms. The second-order valence-corrected chi connectivity index (χ2v) is 4.35. The lowest BCUT2D eigenvalue weighted by atomic mass is 10.1. The number of carbonyl (C=O) groups is 2. The number of amides is 1. The number of carboxylic acid groups (broad SMARTS) is 1. The van der Waals surface area contributed by atoms with Gasteiger partial charge >= 0.3 is 5.97 Å². The maximum Gasteiger partial charge on any atom is 0.337 e. The van der Waals surface area contributed by atoms with Crippen LogP contribution in [0.1, 0.15) is 30.1 Å². The molecule has 18 heavy (non-hydrogen) atoms. The number of carbonyl (C=O) groups excluding carboxylic acids is 1. The highest BCUT2D eigenvalue weighted by Gasteiger charge is 2.28. The highest BCUT2D eigenvalue weighted by molar-refractivity contribution is 6.01. The summed E-state index contributed by atoms with van der Waals surface area (Å²) in [6.07, 6.45) is 1.11.